The van der Waals surface area contributed by atoms with Gasteiger partial charge in [-0.2, -0.15) is 0 Å². The first kappa shape index (κ1) is 22.8. The number of rotatable bonds is 15. The van der Waals surface area contributed by atoms with Gasteiger partial charge in [0.2, 0.25) is 5.91 Å². The van der Waals surface area contributed by atoms with Crippen LogP contribution in [0.2, 0.25) is 0 Å². The lowest BCUT2D eigenvalue weighted by molar-refractivity contribution is -0.125. The van der Waals surface area contributed by atoms with Crippen molar-refractivity contribution in [1.29, 1.82) is 0 Å². The lowest BCUT2D eigenvalue weighted by atomic mass is 10.1. The summed E-state index contributed by atoms with van der Waals surface area (Å²) in [5, 5.41) is 8.48. The molecule has 5 N–H and O–H groups in total. The minimum atomic E-state index is -0.542. The zero-order valence-electron chi connectivity index (χ0n) is 13.3. The summed E-state index contributed by atoms with van der Waals surface area (Å²) in [5.41, 5.74) is 5.44. The van der Waals surface area contributed by atoms with E-state index in [0.717, 1.165) is 25.4 Å². The number of hydrogen-bond acceptors (Lipinski definition) is 8. The fourth-order valence-electron chi connectivity index (χ4n) is 1.61. The summed E-state index contributed by atoms with van der Waals surface area (Å²) in [5.74, 6) is 0.876. The van der Waals surface area contributed by atoms with Crippen LogP contribution < -0.4 is 21.5 Å². The maximum absolute atomic E-state index is 12.1. The van der Waals surface area contributed by atoms with E-state index in [4.69, 9.17) is 5.73 Å². The van der Waals surface area contributed by atoms with Gasteiger partial charge in [-0.25, -0.2) is 0 Å². The Morgan fingerprint density at radius 2 is 1.78 bits per heavy atom. The Balaban J connectivity index is 4.11. The third-order valence-corrected chi connectivity index (χ3v) is 5.95. The van der Waals surface area contributed by atoms with E-state index in [-0.39, 0.29) is 18.0 Å². The molecule has 4 atom stereocenters. The molecular weight excluding hydrogens is 355 g/mol. The molecule has 0 heterocycles. The van der Waals surface area contributed by atoms with Crippen LogP contribution in [0.4, 0.5) is 0 Å². The molecule has 134 valence electrons. The van der Waals surface area contributed by atoms with Crippen LogP contribution in [-0.4, -0.2) is 61.7 Å². The topological polar surface area (TPSA) is 113 Å². The molecule has 0 aromatic heterocycles. The van der Waals surface area contributed by atoms with Gasteiger partial charge in [0.05, 0.1) is 18.1 Å². The number of likely N-dealkylation sites (N-methyl/N-ethyl adjacent to an activating group) is 1. The lowest BCUT2D eigenvalue weighted by Crippen LogP contribution is -2.46. The summed E-state index contributed by atoms with van der Waals surface area (Å²) in [6.07, 6.45) is 3.97. The quantitative estimate of drug-likeness (QED) is 0.132. The summed E-state index contributed by atoms with van der Waals surface area (Å²) in [7, 11) is 7.01. The van der Waals surface area contributed by atoms with Gasteiger partial charge in [0.25, 0.3) is 0 Å². The van der Waals surface area contributed by atoms with Gasteiger partial charge >= 0.3 is 0 Å². The van der Waals surface area contributed by atoms with Crippen molar-refractivity contribution in [3.05, 3.63) is 0 Å². The molecule has 0 aromatic rings. The summed E-state index contributed by atoms with van der Waals surface area (Å²) >= 11 is 0. The fraction of sp³-hybridized carbons (Fsp3) is 0.769. The Kier molecular flexibility index (Phi) is 15.2. The molecule has 10 heteroatoms. The summed E-state index contributed by atoms with van der Waals surface area (Å²) in [6.45, 7) is 0.602. The van der Waals surface area contributed by atoms with Crippen LogP contribution in [0.25, 0.3) is 0 Å². The van der Waals surface area contributed by atoms with E-state index in [1.807, 2.05) is 0 Å². The molecule has 0 aromatic carbocycles. The van der Waals surface area contributed by atoms with E-state index < -0.39 is 6.04 Å². The molecule has 0 fully saturated rings. The summed E-state index contributed by atoms with van der Waals surface area (Å²) < 4.78 is 0. The Bertz CT molecular complexity index is 353. The average Bonchev–Trinajstić information content (AvgIpc) is 2.57. The van der Waals surface area contributed by atoms with Crippen LogP contribution in [0.15, 0.2) is 0 Å². The van der Waals surface area contributed by atoms with Gasteiger partial charge in [-0.1, -0.05) is 37.4 Å². The normalized spacial score (nSPS) is 14.7. The molecule has 0 saturated carbocycles. The van der Waals surface area contributed by atoms with Crippen LogP contribution in [0, 0.1) is 0 Å². The first-order chi connectivity index (χ1) is 11.1. The highest BCUT2D eigenvalue weighted by Gasteiger charge is 2.19. The van der Waals surface area contributed by atoms with Crippen LogP contribution in [0.5, 0.6) is 0 Å². The van der Waals surface area contributed by atoms with Crippen molar-refractivity contribution in [2.24, 2.45) is 5.73 Å². The number of aldehydes is 2. The van der Waals surface area contributed by atoms with Crippen LogP contribution in [-0.2, 0) is 14.4 Å². The van der Waals surface area contributed by atoms with Crippen molar-refractivity contribution in [1.82, 2.24) is 15.7 Å². The third-order valence-electron chi connectivity index (χ3n) is 3.07. The summed E-state index contributed by atoms with van der Waals surface area (Å²) in [6, 6.07) is -1.10. The van der Waals surface area contributed by atoms with Crippen LogP contribution in [0.3, 0.4) is 0 Å². The van der Waals surface area contributed by atoms with E-state index in [1.54, 1.807) is 7.05 Å². The van der Waals surface area contributed by atoms with E-state index in [2.05, 4.69) is 25.1 Å². The van der Waals surface area contributed by atoms with Crippen LogP contribution in [0.1, 0.15) is 19.3 Å². The number of nitrogens with one attached hydrogen (secondary N) is 3. The second-order valence-electron chi connectivity index (χ2n) is 4.86. The fourth-order valence-corrected chi connectivity index (χ4v) is 4.28. The number of carbonyl (C=O) groups excluding carboxylic acids is 3. The minimum Gasteiger partial charge on any atom is -0.344 e. The van der Waals surface area contributed by atoms with Gasteiger partial charge < -0.3 is 26.0 Å². The lowest BCUT2D eigenvalue weighted by Gasteiger charge is -2.19. The van der Waals surface area contributed by atoms with Gasteiger partial charge in [-0.3, -0.25) is 9.88 Å². The molecule has 4 unspecified atom stereocenters. The van der Waals surface area contributed by atoms with Crippen molar-refractivity contribution in [2.45, 2.75) is 37.4 Å². The Hall–Kier alpha value is -0.180. The SMILES string of the molecule is CNC(C=O)CSSCC(C=O)NC(=O)C(CCCCN)NP. The van der Waals surface area contributed by atoms with E-state index in [1.165, 1.54) is 21.6 Å². The monoisotopic (exact) mass is 382 g/mol. The summed E-state index contributed by atoms with van der Waals surface area (Å²) in [4.78, 5) is 33.9. The number of hydrogen-bond donors (Lipinski definition) is 4. The maximum Gasteiger partial charge on any atom is 0.238 e. The predicted octanol–water partition coefficient (Wildman–Crippen LogP) is -0.284. The van der Waals surface area contributed by atoms with Gasteiger partial charge in [0.15, 0.2) is 0 Å². The smallest absolute Gasteiger partial charge is 0.238 e. The Morgan fingerprint density at radius 3 is 2.26 bits per heavy atom. The molecule has 0 bridgehead atoms. The highest BCUT2D eigenvalue weighted by Crippen LogP contribution is 2.22. The van der Waals surface area contributed by atoms with Gasteiger partial charge in [-0.15, -0.1) is 0 Å². The Labute approximate surface area is 148 Å². The zero-order chi connectivity index (χ0) is 17.5. The highest BCUT2D eigenvalue weighted by molar-refractivity contribution is 8.76. The predicted molar refractivity (Wildman–Crippen MR) is 101 cm³/mol. The largest absolute Gasteiger partial charge is 0.344 e. The van der Waals surface area contributed by atoms with E-state index >= 15 is 0 Å². The molecule has 1 amide bonds. The molecule has 0 saturated heterocycles. The standard InChI is InChI=1S/C13H27N4O3PS2/c1-15-10(6-18)8-22-23-9-11(7-19)16-13(20)12(17-21)4-2-3-5-14/h6-7,10-12,15,17H,2-5,8-9,14,21H2,1H3,(H,16,20). The molecule has 0 aliphatic rings. The van der Waals surface area contributed by atoms with Gasteiger partial charge in [0.1, 0.15) is 12.6 Å². The highest BCUT2D eigenvalue weighted by atomic mass is 33.1. The molecular formula is C13H27N4O3PS2. The second-order valence-corrected chi connectivity index (χ2v) is 7.74. The number of amides is 1. The third kappa shape index (κ3) is 11.1. The molecule has 23 heavy (non-hydrogen) atoms. The van der Waals surface area contributed by atoms with Crippen molar-refractivity contribution in [2.75, 3.05) is 25.1 Å². The molecule has 7 nitrogen and oxygen atoms in total. The maximum atomic E-state index is 12.1. The second kappa shape index (κ2) is 15.4. The first-order valence-corrected chi connectivity index (χ1v) is 10.5. The van der Waals surface area contributed by atoms with Crippen molar-refractivity contribution < 1.29 is 14.4 Å². The molecule has 0 aliphatic heterocycles. The van der Waals surface area contributed by atoms with Crippen molar-refractivity contribution in [3.63, 3.8) is 0 Å². The van der Waals surface area contributed by atoms with Gasteiger partial charge in [0, 0.05) is 11.5 Å². The minimum absolute atomic E-state index is 0.194. The molecule has 0 aliphatic carbocycles. The molecule has 0 spiro atoms. The number of nitrogens with two attached hydrogens (primary N) is 1. The van der Waals surface area contributed by atoms with E-state index in [9.17, 15) is 14.4 Å². The first-order valence-electron chi connectivity index (χ1n) is 7.41. The van der Waals surface area contributed by atoms with Crippen molar-refractivity contribution in [3.8, 4) is 0 Å². The zero-order valence-corrected chi connectivity index (χ0v) is 16.1. The molecule has 0 rings (SSSR count). The van der Waals surface area contributed by atoms with Gasteiger partial charge in [-0.05, 0) is 26.4 Å². The molecule has 0 radical (unpaired) electrons. The van der Waals surface area contributed by atoms with E-state index in [0.29, 0.717) is 24.5 Å². The number of carbonyl (C=O) groups is 3. The Morgan fingerprint density at radius 1 is 1.17 bits per heavy atom. The van der Waals surface area contributed by atoms with Crippen LogP contribution >= 0.6 is 31.0 Å². The number of unbranched alkanes of at least 4 members (excludes halogenated alkanes) is 1. The van der Waals surface area contributed by atoms with Crippen molar-refractivity contribution >= 4 is 49.5 Å². The average molecular weight is 382 g/mol.